The molecule has 0 aliphatic carbocycles. The normalized spacial score (nSPS) is 11.3. The highest BCUT2D eigenvalue weighted by atomic mass is 16.4. The monoisotopic (exact) mass is 574 g/mol. The molecule has 0 aliphatic rings. The maximum absolute atomic E-state index is 12.4. The Kier molecular flexibility index (Phi) is 22.4. The molecule has 0 heterocycles. The number of carbonyl (C=O) groups excluding carboxylic acids is 1. The minimum absolute atomic E-state index is 0.00967. The third-order valence-electron chi connectivity index (χ3n) is 6.37. The van der Waals surface area contributed by atoms with Gasteiger partial charge in [-0.1, -0.05) is 71.1 Å². The third kappa shape index (κ3) is 24.3. The zero-order chi connectivity index (χ0) is 30.2. The molecule has 13 heteroatoms. The summed E-state index contributed by atoms with van der Waals surface area (Å²) in [6.45, 7) is 0.947. The standard InChI is InChI=1S/C27H50N4O9/c1-2-3-4-5-6-7-8-9-10-11-12-13-28-23(32)18-30(20-25(35)36)16-14-29(19-24(33)34)15-17-31(21-26(37)38)22-27(39)40/h2-22H2,1H3,(H,28,32)(H,33,34)(H,35,36)(H,37,38)(H,39,40). The van der Waals surface area contributed by atoms with Gasteiger partial charge in [-0.2, -0.15) is 0 Å². The molecule has 0 fully saturated rings. The second-order valence-corrected chi connectivity index (χ2v) is 10.2. The molecule has 0 aliphatic heterocycles. The van der Waals surface area contributed by atoms with E-state index >= 15 is 0 Å². The van der Waals surface area contributed by atoms with Crippen molar-refractivity contribution in [2.24, 2.45) is 0 Å². The van der Waals surface area contributed by atoms with Gasteiger partial charge in [0.05, 0.1) is 32.7 Å². The number of rotatable bonds is 28. The predicted molar refractivity (Wildman–Crippen MR) is 149 cm³/mol. The zero-order valence-electron chi connectivity index (χ0n) is 24.0. The van der Waals surface area contributed by atoms with Crippen molar-refractivity contribution in [3.8, 4) is 0 Å². The van der Waals surface area contributed by atoms with Gasteiger partial charge in [0.25, 0.3) is 0 Å². The molecule has 0 aromatic rings. The Labute approximate surface area is 237 Å². The number of hydrogen-bond donors (Lipinski definition) is 5. The Morgan fingerprint density at radius 3 is 1.20 bits per heavy atom. The predicted octanol–water partition coefficient (Wildman–Crippen LogP) is 1.66. The number of nitrogens with one attached hydrogen (secondary N) is 1. The third-order valence-corrected chi connectivity index (χ3v) is 6.37. The number of hydrogen-bond acceptors (Lipinski definition) is 8. The lowest BCUT2D eigenvalue weighted by atomic mass is 10.1. The number of carbonyl (C=O) groups is 5. The average molecular weight is 575 g/mol. The second-order valence-electron chi connectivity index (χ2n) is 10.2. The first-order valence-corrected chi connectivity index (χ1v) is 14.3. The van der Waals surface area contributed by atoms with Crippen molar-refractivity contribution in [3.05, 3.63) is 0 Å². The fourth-order valence-corrected chi connectivity index (χ4v) is 4.30. The Hall–Kier alpha value is -2.77. The Morgan fingerprint density at radius 1 is 0.475 bits per heavy atom. The van der Waals surface area contributed by atoms with Crippen LogP contribution in [0.2, 0.25) is 0 Å². The van der Waals surface area contributed by atoms with Gasteiger partial charge < -0.3 is 25.7 Å². The molecule has 0 aromatic carbocycles. The van der Waals surface area contributed by atoms with E-state index in [1.807, 2.05) is 0 Å². The largest absolute Gasteiger partial charge is 0.480 e. The molecular weight excluding hydrogens is 524 g/mol. The van der Waals surface area contributed by atoms with Crippen LogP contribution in [0.15, 0.2) is 0 Å². The highest BCUT2D eigenvalue weighted by Gasteiger charge is 2.19. The van der Waals surface area contributed by atoms with Crippen LogP contribution in [0, 0.1) is 0 Å². The lowest BCUT2D eigenvalue weighted by molar-refractivity contribution is -0.143. The summed E-state index contributed by atoms with van der Waals surface area (Å²) >= 11 is 0. The minimum atomic E-state index is -1.21. The second kappa shape index (κ2) is 24.1. The van der Waals surface area contributed by atoms with Gasteiger partial charge in [0.1, 0.15) is 0 Å². The molecule has 13 nitrogen and oxygen atoms in total. The van der Waals surface area contributed by atoms with E-state index in [-0.39, 0.29) is 38.6 Å². The summed E-state index contributed by atoms with van der Waals surface area (Å²) in [5.41, 5.74) is 0. The molecule has 1 amide bonds. The van der Waals surface area contributed by atoms with E-state index in [9.17, 15) is 34.2 Å². The summed E-state index contributed by atoms with van der Waals surface area (Å²) in [4.78, 5) is 61.0. The van der Waals surface area contributed by atoms with E-state index in [1.54, 1.807) is 0 Å². The van der Waals surface area contributed by atoms with Crippen LogP contribution in [-0.4, -0.2) is 130 Å². The van der Waals surface area contributed by atoms with Gasteiger partial charge in [-0.25, -0.2) is 0 Å². The molecule has 0 aromatic heterocycles. The number of amides is 1. The topological polar surface area (TPSA) is 188 Å². The van der Waals surface area contributed by atoms with Gasteiger partial charge in [-0.05, 0) is 6.42 Å². The fourth-order valence-electron chi connectivity index (χ4n) is 4.30. The maximum Gasteiger partial charge on any atom is 0.317 e. The number of nitrogens with zero attached hydrogens (tertiary/aromatic N) is 3. The number of aliphatic carboxylic acids is 4. The number of carboxylic acid groups (broad SMARTS) is 4. The van der Waals surface area contributed by atoms with Crippen molar-refractivity contribution in [2.75, 3.05) is 65.4 Å². The summed E-state index contributed by atoms with van der Waals surface area (Å²) in [5, 5.41) is 39.2. The molecule has 0 bridgehead atoms. The van der Waals surface area contributed by atoms with Gasteiger partial charge in [0, 0.05) is 32.7 Å². The lowest BCUT2D eigenvalue weighted by Crippen LogP contribution is -2.46. The molecule has 40 heavy (non-hydrogen) atoms. The van der Waals surface area contributed by atoms with Crippen LogP contribution in [-0.2, 0) is 24.0 Å². The molecule has 0 saturated carbocycles. The van der Waals surface area contributed by atoms with Crippen LogP contribution >= 0.6 is 0 Å². The van der Waals surface area contributed by atoms with E-state index in [4.69, 9.17) is 10.2 Å². The van der Waals surface area contributed by atoms with E-state index < -0.39 is 50.1 Å². The maximum atomic E-state index is 12.4. The smallest absolute Gasteiger partial charge is 0.317 e. The Bertz CT molecular complexity index is 736. The van der Waals surface area contributed by atoms with Crippen molar-refractivity contribution in [2.45, 2.75) is 77.6 Å². The van der Waals surface area contributed by atoms with Crippen LogP contribution in [0.1, 0.15) is 77.6 Å². The first-order chi connectivity index (χ1) is 19.0. The molecule has 0 rings (SSSR count). The molecule has 0 radical (unpaired) electrons. The quantitative estimate of drug-likeness (QED) is 0.0852. The van der Waals surface area contributed by atoms with Gasteiger partial charge in [0.15, 0.2) is 0 Å². The van der Waals surface area contributed by atoms with Crippen LogP contribution < -0.4 is 5.32 Å². The minimum Gasteiger partial charge on any atom is -0.480 e. The van der Waals surface area contributed by atoms with Crippen LogP contribution in [0.4, 0.5) is 0 Å². The first-order valence-electron chi connectivity index (χ1n) is 14.3. The summed E-state index contributed by atoms with van der Waals surface area (Å²) in [5.74, 6) is -5.00. The molecule has 5 N–H and O–H groups in total. The van der Waals surface area contributed by atoms with E-state index in [0.29, 0.717) is 6.54 Å². The van der Waals surface area contributed by atoms with Gasteiger partial charge >= 0.3 is 23.9 Å². The van der Waals surface area contributed by atoms with Crippen molar-refractivity contribution < 1.29 is 44.4 Å². The fraction of sp³-hybridized carbons (Fsp3) is 0.815. The van der Waals surface area contributed by atoms with Crippen molar-refractivity contribution in [1.82, 2.24) is 20.0 Å². The van der Waals surface area contributed by atoms with E-state index in [2.05, 4.69) is 12.2 Å². The highest BCUT2D eigenvalue weighted by Crippen LogP contribution is 2.11. The molecular formula is C27H50N4O9. The van der Waals surface area contributed by atoms with E-state index in [1.165, 1.54) is 61.2 Å². The Balaban J connectivity index is 4.49. The van der Waals surface area contributed by atoms with Crippen LogP contribution in [0.3, 0.4) is 0 Å². The summed E-state index contributed by atoms with van der Waals surface area (Å²) in [6, 6.07) is 0. The van der Waals surface area contributed by atoms with Gasteiger partial charge in [0.2, 0.25) is 5.91 Å². The molecule has 232 valence electrons. The summed E-state index contributed by atoms with van der Waals surface area (Å²) in [7, 11) is 0. The Morgan fingerprint density at radius 2 is 0.800 bits per heavy atom. The SMILES string of the molecule is CCCCCCCCCCCCCNC(=O)CN(CCN(CCN(CC(=O)O)CC(=O)O)CC(=O)O)CC(=O)O. The first kappa shape index (κ1) is 37.2. The van der Waals surface area contributed by atoms with Crippen LogP contribution in [0.5, 0.6) is 0 Å². The van der Waals surface area contributed by atoms with Crippen molar-refractivity contribution in [1.29, 1.82) is 0 Å². The lowest BCUT2D eigenvalue weighted by Gasteiger charge is -2.27. The molecule has 0 unspecified atom stereocenters. The zero-order valence-corrected chi connectivity index (χ0v) is 24.0. The van der Waals surface area contributed by atoms with Crippen molar-refractivity contribution >= 4 is 29.8 Å². The molecule has 0 saturated heterocycles. The highest BCUT2D eigenvalue weighted by molar-refractivity contribution is 5.79. The van der Waals surface area contributed by atoms with Gasteiger partial charge in [-0.3, -0.25) is 38.7 Å². The number of unbranched alkanes of at least 4 members (excludes halogenated alkanes) is 10. The average Bonchev–Trinajstić information content (AvgIpc) is 2.84. The van der Waals surface area contributed by atoms with Crippen molar-refractivity contribution in [3.63, 3.8) is 0 Å². The number of carboxylic acids is 4. The summed E-state index contributed by atoms with van der Waals surface area (Å²) < 4.78 is 0. The van der Waals surface area contributed by atoms with Gasteiger partial charge in [-0.15, -0.1) is 0 Å². The van der Waals surface area contributed by atoms with E-state index in [0.717, 1.165) is 24.2 Å². The summed E-state index contributed by atoms with van der Waals surface area (Å²) in [6.07, 6.45) is 13.2. The van der Waals surface area contributed by atoms with Crippen LogP contribution in [0.25, 0.3) is 0 Å². The molecule has 0 spiro atoms. The molecule has 0 atom stereocenters.